The lowest BCUT2D eigenvalue weighted by atomic mass is 10.2. The van der Waals surface area contributed by atoms with Gasteiger partial charge in [-0.2, -0.15) is 0 Å². The molecule has 1 unspecified atom stereocenters. The summed E-state index contributed by atoms with van der Waals surface area (Å²) >= 11 is 0. The van der Waals surface area contributed by atoms with E-state index in [4.69, 9.17) is 4.42 Å². The average Bonchev–Trinajstić information content (AvgIpc) is 2.61. The summed E-state index contributed by atoms with van der Waals surface area (Å²) in [6, 6.07) is 0. The molecule has 18 heavy (non-hydrogen) atoms. The molecule has 6 nitrogen and oxygen atoms in total. The van der Waals surface area contributed by atoms with E-state index in [1.165, 1.54) is 6.08 Å². The molecule has 3 N–H and O–H groups in total. The molecular weight excluding hydrogens is 238 g/mol. The molecule has 1 aromatic rings. The quantitative estimate of drug-likeness (QED) is 0.740. The van der Waals surface area contributed by atoms with Crippen molar-refractivity contribution >= 4 is 12.0 Å². The first-order valence-electron chi connectivity index (χ1n) is 5.61. The Kier molecular flexibility index (Phi) is 3.20. The number of unbranched alkanes of at least 4 members (excludes halogenated alkanes) is 1. The van der Waals surface area contributed by atoms with Crippen molar-refractivity contribution in [3.63, 3.8) is 0 Å². The van der Waals surface area contributed by atoms with Gasteiger partial charge in [-0.25, -0.2) is 0 Å². The molecule has 0 radical (unpaired) electrons. The number of rotatable bonds is 3. The number of carbonyl (C=O) groups is 1. The first-order chi connectivity index (χ1) is 8.56. The molecule has 0 fully saturated rings. The summed E-state index contributed by atoms with van der Waals surface area (Å²) in [5, 5.41) is 21.3. The van der Waals surface area contributed by atoms with E-state index in [1.807, 2.05) is 6.92 Å². The Morgan fingerprint density at radius 1 is 1.44 bits per heavy atom. The van der Waals surface area contributed by atoms with Crippen molar-refractivity contribution in [2.24, 2.45) is 0 Å². The maximum absolute atomic E-state index is 11.8. The molecule has 6 heteroatoms. The highest BCUT2D eigenvalue weighted by atomic mass is 16.4. The van der Waals surface area contributed by atoms with E-state index in [0.717, 1.165) is 12.8 Å². The molecule has 2 rings (SSSR count). The summed E-state index contributed by atoms with van der Waals surface area (Å²) in [5.41, 5.74) is -1.17. The first-order valence-corrected chi connectivity index (χ1v) is 5.61. The maximum Gasteiger partial charge on any atom is 0.261 e. The number of hydrogen-bond acceptors (Lipinski definition) is 5. The van der Waals surface area contributed by atoms with Gasteiger partial charge in [-0.05, 0) is 12.5 Å². The summed E-state index contributed by atoms with van der Waals surface area (Å²) in [6.45, 7) is 1.98. The minimum absolute atomic E-state index is 0.0530. The summed E-state index contributed by atoms with van der Waals surface area (Å²) in [5.74, 6) is -1.57. The molecule has 1 aliphatic rings. The van der Waals surface area contributed by atoms with Crippen molar-refractivity contribution < 1.29 is 19.4 Å². The van der Waals surface area contributed by atoms with E-state index < -0.39 is 23.3 Å². The van der Waals surface area contributed by atoms with E-state index >= 15 is 0 Å². The van der Waals surface area contributed by atoms with Gasteiger partial charge in [0, 0.05) is 0 Å². The smallest absolute Gasteiger partial charge is 0.261 e. The van der Waals surface area contributed by atoms with E-state index in [2.05, 4.69) is 5.32 Å². The van der Waals surface area contributed by atoms with Crippen LogP contribution in [-0.2, 0) is 0 Å². The Bertz CT molecular complexity index is 573. The van der Waals surface area contributed by atoms with Gasteiger partial charge >= 0.3 is 0 Å². The number of aliphatic hydroxyl groups excluding tert-OH is 1. The molecule has 0 bridgehead atoms. The Morgan fingerprint density at radius 2 is 2.17 bits per heavy atom. The molecule has 1 amide bonds. The highest BCUT2D eigenvalue weighted by molar-refractivity contribution is 5.98. The second kappa shape index (κ2) is 4.66. The standard InChI is InChI=1S/C12H13NO5/c1-2-3-4-5-6-8(14)9(15)7-10(18-6)12(17)13-11(7)16/h4-5,12,14,17H,2-3H2,1H3,(H,13,16). The second-order valence-corrected chi connectivity index (χ2v) is 3.95. The van der Waals surface area contributed by atoms with E-state index in [-0.39, 0.29) is 17.1 Å². The largest absolute Gasteiger partial charge is 0.502 e. The van der Waals surface area contributed by atoms with Crippen LogP contribution < -0.4 is 10.7 Å². The fourth-order valence-electron chi connectivity index (χ4n) is 1.70. The number of aromatic hydroxyl groups is 1. The van der Waals surface area contributed by atoms with Gasteiger partial charge in [-0.3, -0.25) is 9.59 Å². The minimum atomic E-state index is -1.35. The van der Waals surface area contributed by atoms with Gasteiger partial charge in [-0.15, -0.1) is 0 Å². The molecule has 0 aromatic carbocycles. The summed E-state index contributed by atoms with van der Waals surface area (Å²) in [7, 11) is 0. The van der Waals surface area contributed by atoms with Crippen molar-refractivity contribution in [3.8, 4) is 5.75 Å². The molecule has 0 spiro atoms. The Labute approximate surface area is 103 Å². The van der Waals surface area contributed by atoms with Crippen molar-refractivity contribution in [3.05, 3.63) is 33.4 Å². The molecule has 1 atom stereocenters. The Hall–Kier alpha value is -2.08. The summed E-state index contributed by atoms with van der Waals surface area (Å²) in [6.07, 6.45) is 3.52. The molecule has 96 valence electrons. The van der Waals surface area contributed by atoms with E-state index in [0.29, 0.717) is 0 Å². The number of hydrogen-bond donors (Lipinski definition) is 3. The van der Waals surface area contributed by atoms with Crippen LogP contribution in [0.4, 0.5) is 0 Å². The fourth-order valence-corrected chi connectivity index (χ4v) is 1.70. The molecular formula is C12H13NO5. The third kappa shape index (κ3) is 1.91. The average molecular weight is 251 g/mol. The Balaban J connectivity index is 2.53. The van der Waals surface area contributed by atoms with Crippen LogP contribution >= 0.6 is 0 Å². The van der Waals surface area contributed by atoms with Gasteiger partial charge in [0.2, 0.25) is 11.2 Å². The van der Waals surface area contributed by atoms with Crippen LogP contribution in [0.25, 0.3) is 6.08 Å². The number of nitrogens with one attached hydrogen (secondary N) is 1. The second-order valence-electron chi connectivity index (χ2n) is 3.95. The first kappa shape index (κ1) is 12.4. The molecule has 1 aromatic heterocycles. The predicted molar refractivity (Wildman–Crippen MR) is 63.0 cm³/mol. The van der Waals surface area contributed by atoms with Crippen molar-refractivity contribution in [2.75, 3.05) is 0 Å². The van der Waals surface area contributed by atoms with Crippen LogP contribution in [0.15, 0.2) is 15.3 Å². The Morgan fingerprint density at radius 3 is 2.83 bits per heavy atom. The van der Waals surface area contributed by atoms with Gasteiger partial charge in [0.25, 0.3) is 5.91 Å². The number of amides is 1. The zero-order valence-electron chi connectivity index (χ0n) is 9.77. The lowest BCUT2D eigenvalue weighted by Crippen LogP contribution is -2.21. The van der Waals surface area contributed by atoms with Crippen LogP contribution in [0.3, 0.4) is 0 Å². The van der Waals surface area contributed by atoms with Crippen molar-refractivity contribution in [1.29, 1.82) is 0 Å². The van der Waals surface area contributed by atoms with Crippen LogP contribution in [-0.4, -0.2) is 16.1 Å². The number of fused-ring (bicyclic) bond motifs is 1. The predicted octanol–water partition coefficient (Wildman–Crippen LogP) is 0.893. The number of carbonyl (C=O) groups excluding carboxylic acids is 1. The SMILES string of the molecule is CCCC=Cc1oc2c(c(=O)c1O)C(=O)NC2O. The van der Waals surface area contributed by atoms with Crippen LogP contribution in [0, 0.1) is 0 Å². The van der Waals surface area contributed by atoms with Crippen molar-refractivity contribution in [1.82, 2.24) is 5.32 Å². The van der Waals surface area contributed by atoms with Gasteiger partial charge in [0.1, 0.15) is 5.56 Å². The van der Waals surface area contributed by atoms with Crippen molar-refractivity contribution in [2.45, 2.75) is 26.0 Å². The summed E-state index contributed by atoms with van der Waals surface area (Å²) < 4.78 is 5.19. The highest BCUT2D eigenvalue weighted by Gasteiger charge is 2.34. The lowest BCUT2D eigenvalue weighted by Gasteiger charge is -2.04. The highest BCUT2D eigenvalue weighted by Crippen LogP contribution is 2.26. The zero-order chi connectivity index (χ0) is 13.3. The van der Waals surface area contributed by atoms with Crippen LogP contribution in [0.2, 0.25) is 0 Å². The number of aliphatic hydroxyl groups is 1. The molecule has 0 saturated carbocycles. The fraction of sp³-hybridized carbons (Fsp3) is 0.333. The van der Waals surface area contributed by atoms with Gasteiger partial charge < -0.3 is 19.9 Å². The third-order valence-corrected chi connectivity index (χ3v) is 2.61. The monoisotopic (exact) mass is 251 g/mol. The van der Waals surface area contributed by atoms with Crippen LogP contribution in [0.1, 0.15) is 47.9 Å². The van der Waals surface area contributed by atoms with Gasteiger partial charge in [0.05, 0.1) is 0 Å². The maximum atomic E-state index is 11.8. The molecule has 2 heterocycles. The molecule has 0 aliphatic carbocycles. The third-order valence-electron chi connectivity index (χ3n) is 2.61. The zero-order valence-corrected chi connectivity index (χ0v) is 9.77. The topological polar surface area (TPSA) is 99.8 Å². The van der Waals surface area contributed by atoms with Gasteiger partial charge in [0.15, 0.2) is 17.7 Å². The minimum Gasteiger partial charge on any atom is -0.502 e. The van der Waals surface area contributed by atoms with Gasteiger partial charge in [-0.1, -0.05) is 19.4 Å². The molecule has 1 aliphatic heterocycles. The van der Waals surface area contributed by atoms with E-state index in [1.54, 1.807) is 6.08 Å². The summed E-state index contributed by atoms with van der Waals surface area (Å²) in [4.78, 5) is 23.1. The van der Waals surface area contributed by atoms with Crippen LogP contribution in [0.5, 0.6) is 5.75 Å². The normalized spacial score (nSPS) is 18.1. The molecule has 0 saturated heterocycles. The van der Waals surface area contributed by atoms with E-state index in [9.17, 15) is 19.8 Å². The lowest BCUT2D eigenvalue weighted by molar-refractivity contribution is 0.0820. The number of allylic oxidation sites excluding steroid dienone is 1.